The summed E-state index contributed by atoms with van der Waals surface area (Å²) in [4.78, 5) is 26.8. The summed E-state index contributed by atoms with van der Waals surface area (Å²) in [6.07, 6.45) is 1.50. The lowest BCUT2D eigenvalue weighted by Crippen LogP contribution is -2.33. The van der Waals surface area contributed by atoms with Crippen molar-refractivity contribution in [3.05, 3.63) is 29.6 Å². The van der Waals surface area contributed by atoms with Crippen LogP contribution in [0.1, 0.15) is 16.1 Å². The second-order valence-corrected chi connectivity index (χ2v) is 4.89. The Hall–Kier alpha value is -1.18. The molecule has 0 radical (unpaired) electrons. The Morgan fingerprint density at radius 2 is 2.24 bits per heavy atom. The smallest absolute Gasteiger partial charge is 0.320 e. The van der Waals surface area contributed by atoms with E-state index in [0.717, 1.165) is 5.69 Å². The van der Waals surface area contributed by atoms with Crippen LogP contribution in [0.3, 0.4) is 0 Å². The number of hydrogen-bond acceptors (Lipinski definition) is 4. The molecule has 0 aliphatic rings. The van der Waals surface area contributed by atoms with Crippen molar-refractivity contribution in [3.63, 3.8) is 0 Å². The van der Waals surface area contributed by atoms with Crippen molar-refractivity contribution in [2.75, 3.05) is 13.7 Å². The Bertz CT molecular complexity index is 406. The summed E-state index contributed by atoms with van der Waals surface area (Å²) in [7, 11) is 1.32. The SMILES string of the molecule is COC(=O)C(I)CNC(=O)c1ccc(C)nc1. The molecule has 5 nitrogen and oxygen atoms in total. The molecule has 0 spiro atoms. The summed E-state index contributed by atoms with van der Waals surface area (Å²) in [6.45, 7) is 2.08. The Kier molecular flexibility index (Phi) is 5.33. The standard InChI is InChI=1S/C11H13IN2O3/c1-7-3-4-8(5-13-7)10(15)14-6-9(12)11(16)17-2/h3-5,9H,6H2,1-2H3,(H,14,15). The summed E-state index contributed by atoms with van der Waals surface area (Å²) in [6, 6.07) is 3.45. The number of methoxy groups -OCH3 is 1. The number of nitrogens with zero attached hydrogens (tertiary/aromatic N) is 1. The molecule has 6 heteroatoms. The molecule has 0 aliphatic heterocycles. The minimum atomic E-state index is -0.389. The van der Waals surface area contributed by atoms with Crippen molar-refractivity contribution in [2.45, 2.75) is 10.8 Å². The Balaban J connectivity index is 2.50. The highest BCUT2D eigenvalue weighted by Crippen LogP contribution is 2.03. The van der Waals surface area contributed by atoms with Gasteiger partial charge in [-0.2, -0.15) is 0 Å². The van der Waals surface area contributed by atoms with Gasteiger partial charge in [0.1, 0.15) is 3.92 Å². The van der Waals surface area contributed by atoms with Crippen LogP contribution in [-0.4, -0.2) is 34.4 Å². The largest absolute Gasteiger partial charge is 0.468 e. The quantitative estimate of drug-likeness (QED) is 0.503. The summed E-state index contributed by atoms with van der Waals surface area (Å²) in [5.74, 6) is -0.601. The molecule has 1 amide bonds. The molecular weight excluding hydrogens is 335 g/mol. The number of aromatic nitrogens is 1. The molecule has 0 saturated heterocycles. The third kappa shape index (κ3) is 4.29. The van der Waals surface area contributed by atoms with Crippen LogP contribution in [0.25, 0.3) is 0 Å². The zero-order chi connectivity index (χ0) is 12.8. The average molecular weight is 348 g/mol. The molecule has 1 aromatic heterocycles. The lowest BCUT2D eigenvalue weighted by Gasteiger charge is -2.09. The van der Waals surface area contributed by atoms with Crippen molar-refractivity contribution >= 4 is 34.5 Å². The Morgan fingerprint density at radius 1 is 1.53 bits per heavy atom. The molecule has 0 fully saturated rings. The van der Waals surface area contributed by atoms with Gasteiger partial charge in [0.15, 0.2) is 0 Å². The van der Waals surface area contributed by atoms with Crippen LogP contribution < -0.4 is 5.32 Å². The first-order valence-corrected chi connectivity index (χ1v) is 6.22. The number of ether oxygens (including phenoxy) is 1. The van der Waals surface area contributed by atoms with Crippen LogP contribution in [0.5, 0.6) is 0 Å². The van der Waals surface area contributed by atoms with E-state index in [0.29, 0.717) is 5.56 Å². The van der Waals surface area contributed by atoms with Crippen molar-refractivity contribution in [1.82, 2.24) is 10.3 Å². The van der Waals surface area contributed by atoms with E-state index >= 15 is 0 Å². The predicted octanol–water partition coefficient (Wildman–Crippen LogP) is 1.10. The monoisotopic (exact) mass is 348 g/mol. The molecule has 92 valence electrons. The highest BCUT2D eigenvalue weighted by atomic mass is 127. The molecule has 1 N–H and O–H groups in total. The lowest BCUT2D eigenvalue weighted by molar-refractivity contribution is -0.139. The fourth-order valence-corrected chi connectivity index (χ4v) is 1.57. The van der Waals surface area contributed by atoms with E-state index in [-0.39, 0.29) is 22.3 Å². The zero-order valence-electron chi connectivity index (χ0n) is 9.57. The summed E-state index contributed by atoms with van der Waals surface area (Å²) in [5, 5.41) is 2.65. The van der Waals surface area contributed by atoms with Gasteiger partial charge in [-0.05, 0) is 19.1 Å². The van der Waals surface area contributed by atoms with E-state index in [4.69, 9.17) is 0 Å². The van der Waals surface area contributed by atoms with Crippen molar-refractivity contribution in [3.8, 4) is 0 Å². The molecule has 17 heavy (non-hydrogen) atoms. The van der Waals surface area contributed by atoms with E-state index in [9.17, 15) is 9.59 Å². The van der Waals surface area contributed by atoms with Gasteiger partial charge in [0.2, 0.25) is 0 Å². The van der Waals surface area contributed by atoms with E-state index in [1.165, 1.54) is 13.3 Å². The van der Waals surface area contributed by atoms with Crippen LogP contribution in [0.4, 0.5) is 0 Å². The summed E-state index contributed by atoms with van der Waals surface area (Å²) < 4.78 is 4.17. The van der Waals surface area contributed by atoms with Crippen LogP contribution in [0, 0.1) is 6.92 Å². The maximum absolute atomic E-state index is 11.7. The van der Waals surface area contributed by atoms with Gasteiger partial charge in [-0.15, -0.1) is 0 Å². The van der Waals surface area contributed by atoms with Gasteiger partial charge in [0.25, 0.3) is 5.91 Å². The third-order valence-corrected chi connectivity index (χ3v) is 3.02. The molecule has 1 unspecified atom stereocenters. The molecule has 0 aliphatic carbocycles. The molecule has 1 heterocycles. The molecular formula is C11H13IN2O3. The third-order valence-electron chi connectivity index (χ3n) is 2.07. The highest BCUT2D eigenvalue weighted by molar-refractivity contribution is 14.1. The first-order valence-electron chi connectivity index (χ1n) is 4.97. The number of nitrogens with one attached hydrogen (secondary N) is 1. The molecule has 1 rings (SSSR count). The van der Waals surface area contributed by atoms with Gasteiger partial charge in [0.05, 0.1) is 12.7 Å². The maximum Gasteiger partial charge on any atom is 0.320 e. The van der Waals surface area contributed by atoms with Crippen LogP contribution >= 0.6 is 22.6 Å². The van der Waals surface area contributed by atoms with Gasteiger partial charge < -0.3 is 10.1 Å². The zero-order valence-corrected chi connectivity index (χ0v) is 11.7. The van der Waals surface area contributed by atoms with E-state index < -0.39 is 0 Å². The van der Waals surface area contributed by atoms with Crippen LogP contribution in [-0.2, 0) is 9.53 Å². The van der Waals surface area contributed by atoms with Crippen molar-refractivity contribution in [1.29, 1.82) is 0 Å². The molecule has 1 atom stereocenters. The summed E-state index contributed by atoms with van der Waals surface area (Å²) >= 11 is 1.92. The Labute approximate surface area is 113 Å². The topological polar surface area (TPSA) is 68.3 Å². The number of rotatable bonds is 4. The maximum atomic E-state index is 11.7. The number of carbonyl (C=O) groups is 2. The molecule has 0 aromatic carbocycles. The molecule has 0 saturated carbocycles. The van der Waals surface area contributed by atoms with Gasteiger partial charge in [-0.1, -0.05) is 22.6 Å². The normalized spacial score (nSPS) is 11.7. The lowest BCUT2D eigenvalue weighted by atomic mass is 10.2. The first-order chi connectivity index (χ1) is 8.04. The first kappa shape index (κ1) is 13.9. The average Bonchev–Trinajstić information content (AvgIpc) is 2.35. The predicted molar refractivity (Wildman–Crippen MR) is 71.1 cm³/mol. The fourth-order valence-electron chi connectivity index (χ4n) is 1.10. The number of halogens is 1. The van der Waals surface area contributed by atoms with Gasteiger partial charge in [-0.3, -0.25) is 14.6 Å². The van der Waals surface area contributed by atoms with Crippen LogP contribution in [0.2, 0.25) is 0 Å². The van der Waals surface area contributed by atoms with E-state index in [1.54, 1.807) is 12.1 Å². The Morgan fingerprint density at radius 3 is 2.76 bits per heavy atom. The second-order valence-electron chi connectivity index (χ2n) is 3.39. The highest BCUT2D eigenvalue weighted by Gasteiger charge is 2.16. The number of esters is 1. The van der Waals surface area contributed by atoms with Gasteiger partial charge >= 0.3 is 5.97 Å². The van der Waals surface area contributed by atoms with Gasteiger partial charge in [-0.25, -0.2) is 0 Å². The number of hydrogen-bond donors (Lipinski definition) is 1. The second kappa shape index (κ2) is 6.53. The molecule has 0 bridgehead atoms. The van der Waals surface area contributed by atoms with Crippen molar-refractivity contribution in [2.24, 2.45) is 0 Å². The number of carbonyl (C=O) groups excluding carboxylic acids is 2. The molecule has 1 aromatic rings. The van der Waals surface area contributed by atoms with Crippen LogP contribution in [0.15, 0.2) is 18.3 Å². The van der Waals surface area contributed by atoms with Crippen molar-refractivity contribution < 1.29 is 14.3 Å². The minimum absolute atomic E-state index is 0.236. The van der Waals surface area contributed by atoms with E-state index in [1.807, 2.05) is 29.5 Å². The van der Waals surface area contributed by atoms with Gasteiger partial charge in [0, 0.05) is 18.4 Å². The fraction of sp³-hybridized carbons (Fsp3) is 0.364. The van der Waals surface area contributed by atoms with E-state index in [2.05, 4.69) is 15.0 Å². The number of aryl methyl sites for hydroxylation is 1. The summed E-state index contributed by atoms with van der Waals surface area (Å²) in [5.41, 5.74) is 1.33. The number of amides is 1. The minimum Gasteiger partial charge on any atom is -0.468 e. The number of pyridine rings is 1. The number of alkyl halides is 1.